The average molecular weight is 357 g/mol. The first-order valence-electron chi connectivity index (χ1n) is 8.64. The third-order valence-electron chi connectivity index (χ3n) is 5.01. The number of nitrogens with one attached hydrogen (secondary N) is 3. The zero-order valence-corrected chi connectivity index (χ0v) is 14.4. The maximum Gasteiger partial charge on any atom is 0.254 e. The van der Waals surface area contributed by atoms with Crippen molar-refractivity contribution >= 4 is 5.91 Å². The maximum atomic E-state index is 13.6. The Morgan fingerprint density at radius 2 is 2.23 bits per heavy atom. The zero-order valence-electron chi connectivity index (χ0n) is 14.4. The number of rotatable bonds is 2. The Kier molecular flexibility index (Phi) is 4.29. The molecule has 1 saturated heterocycles. The highest BCUT2D eigenvalue weighted by molar-refractivity contribution is 5.80. The van der Waals surface area contributed by atoms with Gasteiger partial charge >= 0.3 is 0 Å². The van der Waals surface area contributed by atoms with E-state index in [1.165, 1.54) is 12.1 Å². The zero-order chi connectivity index (χ0) is 18.3. The predicted molar refractivity (Wildman–Crippen MR) is 92.5 cm³/mol. The molecule has 1 aromatic heterocycles. The topological polar surface area (TPSA) is 90.1 Å². The summed E-state index contributed by atoms with van der Waals surface area (Å²) in [5.41, 5.74) is 8.00. The van der Waals surface area contributed by atoms with Crippen LogP contribution in [-0.4, -0.2) is 33.9 Å². The highest BCUT2D eigenvalue weighted by atomic mass is 19.1. The number of hydrogen-bond donors (Lipinski definition) is 3. The number of hydrazine groups is 1. The van der Waals surface area contributed by atoms with Crippen LogP contribution in [0.25, 0.3) is 0 Å². The molecular weight excluding hydrogens is 337 g/mol. The molecule has 1 amide bonds. The van der Waals surface area contributed by atoms with E-state index in [1.807, 2.05) is 6.07 Å². The summed E-state index contributed by atoms with van der Waals surface area (Å²) in [5, 5.41) is 0. The number of carbonyl (C=O) groups is 1. The lowest BCUT2D eigenvalue weighted by molar-refractivity contribution is -0.136. The van der Waals surface area contributed by atoms with Crippen LogP contribution < -0.4 is 16.4 Å². The van der Waals surface area contributed by atoms with Crippen LogP contribution in [0.5, 0.6) is 0 Å². The molecule has 1 aromatic carbocycles. The Labute approximate surface area is 149 Å². The maximum absolute atomic E-state index is 13.6. The van der Waals surface area contributed by atoms with Gasteiger partial charge in [0, 0.05) is 18.7 Å². The van der Waals surface area contributed by atoms with Gasteiger partial charge in [-0.05, 0) is 31.0 Å². The van der Waals surface area contributed by atoms with Crippen LogP contribution in [0.15, 0.2) is 29.1 Å². The predicted octanol–water partition coefficient (Wildman–Crippen LogP) is 0.567. The molecule has 2 unspecified atom stereocenters. The molecule has 8 heteroatoms. The highest BCUT2D eigenvalue weighted by Gasteiger charge is 2.38. The van der Waals surface area contributed by atoms with Crippen LogP contribution in [0.1, 0.15) is 28.7 Å². The van der Waals surface area contributed by atoms with E-state index in [-0.39, 0.29) is 29.2 Å². The molecule has 2 aromatic rings. The molecule has 1 fully saturated rings. The lowest BCUT2D eigenvalue weighted by Gasteiger charge is -2.31. The molecule has 7 nitrogen and oxygen atoms in total. The number of halogens is 1. The first-order chi connectivity index (χ1) is 12.5. The molecule has 0 spiro atoms. The standard InChI is InChI=1S/C18H20FN5O2/c1-10-21-15-9-24(6-5-13(15)17(25)22-10)18(26)14-8-20-23-16(14)11-3-2-4-12(19)7-11/h2-4,7,14,16,20,23H,5-6,8-9H2,1H3,(H,21,22,25). The first-order valence-corrected chi connectivity index (χ1v) is 8.64. The largest absolute Gasteiger partial charge is 0.336 e. The molecule has 2 atom stereocenters. The van der Waals surface area contributed by atoms with Crippen molar-refractivity contribution in [3.05, 3.63) is 63.1 Å². The molecule has 26 heavy (non-hydrogen) atoms. The van der Waals surface area contributed by atoms with Crippen molar-refractivity contribution in [3.63, 3.8) is 0 Å². The molecule has 3 heterocycles. The van der Waals surface area contributed by atoms with E-state index in [0.29, 0.717) is 43.1 Å². The molecular formula is C18H20FN5O2. The third-order valence-corrected chi connectivity index (χ3v) is 5.01. The van der Waals surface area contributed by atoms with E-state index < -0.39 is 0 Å². The molecule has 0 aliphatic carbocycles. The first kappa shape index (κ1) is 16.9. The lowest BCUT2D eigenvalue weighted by atomic mass is 9.92. The van der Waals surface area contributed by atoms with E-state index in [9.17, 15) is 14.0 Å². The van der Waals surface area contributed by atoms with Gasteiger partial charge < -0.3 is 9.88 Å². The van der Waals surface area contributed by atoms with Crippen molar-refractivity contribution in [2.24, 2.45) is 5.92 Å². The van der Waals surface area contributed by atoms with Gasteiger partial charge in [-0.2, -0.15) is 0 Å². The van der Waals surface area contributed by atoms with Gasteiger partial charge in [-0.15, -0.1) is 0 Å². The van der Waals surface area contributed by atoms with Crippen LogP contribution in [0, 0.1) is 18.7 Å². The second-order valence-electron chi connectivity index (χ2n) is 6.75. The van der Waals surface area contributed by atoms with E-state index in [2.05, 4.69) is 20.8 Å². The van der Waals surface area contributed by atoms with E-state index in [1.54, 1.807) is 17.9 Å². The van der Waals surface area contributed by atoms with Gasteiger partial charge in [0.25, 0.3) is 5.56 Å². The molecule has 2 aliphatic heterocycles. The van der Waals surface area contributed by atoms with Crippen molar-refractivity contribution in [2.45, 2.75) is 25.9 Å². The van der Waals surface area contributed by atoms with Gasteiger partial charge in [0.2, 0.25) is 5.91 Å². The number of aryl methyl sites for hydroxylation is 1. The Morgan fingerprint density at radius 1 is 1.38 bits per heavy atom. The summed E-state index contributed by atoms with van der Waals surface area (Å²) in [6.07, 6.45) is 0.488. The minimum Gasteiger partial charge on any atom is -0.336 e. The number of fused-ring (bicyclic) bond motifs is 1. The second-order valence-corrected chi connectivity index (χ2v) is 6.75. The minimum atomic E-state index is -0.346. The van der Waals surface area contributed by atoms with Crippen LogP contribution >= 0.6 is 0 Å². The van der Waals surface area contributed by atoms with Crippen molar-refractivity contribution in [1.82, 2.24) is 25.7 Å². The van der Waals surface area contributed by atoms with Crippen LogP contribution in [0.3, 0.4) is 0 Å². The van der Waals surface area contributed by atoms with Crippen molar-refractivity contribution in [3.8, 4) is 0 Å². The molecule has 3 N–H and O–H groups in total. The summed E-state index contributed by atoms with van der Waals surface area (Å²) >= 11 is 0. The quantitative estimate of drug-likeness (QED) is 0.731. The average Bonchev–Trinajstić information content (AvgIpc) is 3.10. The number of aromatic amines is 1. The number of H-pyrrole nitrogens is 1. The fraction of sp³-hybridized carbons (Fsp3) is 0.389. The van der Waals surface area contributed by atoms with E-state index in [0.717, 1.165) is 5.56 Å². The minimum absolute atomic E-state index is 0.0258. The fourth-order valence-electron chi connectivity index (χ4n) is 3.73. The summed E-state index contributed by atoms with van der Waals surface area (Å²) in [4.78, 5) is 34.0. The normalized spacial score (nSPS) is 22.3. The summed E-state index contributed by atoms with van der Waals surface area (Å²) in [6.45, 7) is 3.00. The summed E-state index contributed by atoms with van der Waals surface area (Å²) in [7, 11) is 0. The Balaban J connectivity index is 1.56. The van der Waals surface area contributed by atoms with Crippen molar-refractivity contribution in [1.29, 1.82) is 0 Å². The number of amides is 1. The number of carbonyl (C=O) groups excluding carboxylic acids is 1. The monoisotopic (exact) mass is 357 g/mol. The van der Waals surface area contributed by atoms with Crippen molar-refractivity contribution in [2.75, 3.05) is 13.1 Å². The van der Waals surface area contributed by atoms with Gasteiger partial charge in [-0.25, -0.2) is 14.8 Å². The van der Waals surface area contributed by atoms with Gasteiger partial charge in [-0.1, -0.05) is 12.1 Å². The van der Waals surface area contributed by atoms with Crippen LogP contribution in [0.4, 0.5) is 4.39 Å². The molecule has 4 rings (SSSR count). The van der Waals surface area contributed by atoms with E-state index >= 15 is 0 Å². The molecule has 136 valence electrons. The van der Waals surface area contributed by atoms with Crippen LogP contribution in [-0.2, 0) is 17.8 Å². The second kappa shape index (κ2) is 6.62. The number of benzene rings is 1. The Hall–Kier alpha value is -2.58. The SMILES string of the molecule is Cc1nc2c(c(=O)[nH]1)CCN(C(=O)C1CNNC1c1cccc(F)c1)C2. The third kappa shape index (κ3) is 3.02. The van der Waals surface area contributed by atoms with Gasteiger partial charge in [0.1, 0.15) is 11.6 Å². The molecule has 0 radical (unpaired) electrons. The summed E-state index contributed by atoms with van der Waals surface area (Å²) in [6, 6.07) is 5.98. The smallest absolute Gasteiger partial charge is 0.254 e. The number of hydrogen-bond acceptors (Lipinski definition) is 5. The fourth-order valence-corrected chi connectivity index (χ4v) is 3.73. The molecule has 0 saturated carbocycles. The highest BCUT2D eigenvalue weighted by Crippen LogP contribution is 2.28. The Morgan fingerprint density at radius 3 is 3.04 bits per heavy atom. The Bertz CT molecular complexity index is 913. The van der Waals surface area contributed by atoms with Gasteiger partial charge in [0.15, 0.2) is 0 Å². The molecule has 2 aliphatic rings. The molecule has 0 bridgehead atoms. The van der Waals surface area contributed by atoms with E-state index in [4.69, 9.17) is 0 Å². The van der Waals surface area contributed by atoms with Crippen molar-refractivity contribution < 1.29 is 9.18 Å². The summed E-state index contributed by atoms with van der Waals surface area (Å²) < 4.78 is 13.6. The summed E-state index contributed by atoms with van der Waals surface area (Å²) in [5.74, 6) is -0.151. The van der Waals surface area contributed by atoms with Gasteiger partial charge in [0.05, 0.1) is 24.2 Å². The van der Waals surface area contributed by atoms with Crippen LogP contribution in [0.2, 0.25) is 0 Å². The lowest BCUT2D eigenvalue weighted by Crippen LogP contribution is -2.43. The van der Waals surface area contributed by atoms with Gasteiger partial charge in [-0.3, -0.25) is 15.0 Å². The number of nitrogens with zero attached hydrogens (tertiary/aromatic N) is 2. The number of aromatic nitrogens is 2.